The van der Waals surface area contributed by atoms with E-state index in [1.807, 2.05) is 37.1 Å². The summed E-state index contributed by atoms with van der Waals surface area (Å²) in [5.41, 5.74) is 0.592. The fraction of sp³-hybridized carbons (Fsp3) is 0.588. The van der Waals surface area contributed by atoms with E-state index in [4.69, 9.17) is 23.2 Å². The Hall–Kier alpha value is -0.930. The van der Waals surface area contributed by atoms with Crippen LogP contribution in [0.1, 0.15) is 26.2 Å². The Morgan fingerprint density at radius 3 is 2.55 bits per heavy atom. The zero-order valence-corrected chi connectivity index (χ0v) is 14.6. The lowest BCUT2D eigenvalue weighted by atomic mass is 10.0. The molecule has 1 aromatic carbocycles. The average molecular weight is 341 g/mol. The molecule has 1 saturated carbocycles. The molecule has 5 heteroatoms. The molecule has 3 rings (SSSR count). The van der Waals surface area contributed by atoms with Gasteiger partial charge >= 0.3 is 0 Å². The second-order valence-corrected chi connectivity index (χ2v) is 8.19. The predicted molar refractivity (Wildman–Crippen MR) is 91.6 cm³/mol. The Balaban J connectivity index is 1.69. The molecule has 120 valence electrons. The van der Waals surface area contributed by atoms with E-state index in [1.54, 1.807) is 0 Å². The Morgan fingerprint density at radius 2 is 1.95 bits per heavy atom. The fourth-order valence-corrected chi connectivity index (χ4v) is 4.03. The highest BCUT2D eigenvalue weighted by Gasteiger charge is 2.68. The topological polar surface area (TPSA) is 23.6 Å². The summed E-state index contributed by atoms with van der Waals surface area (Å²) in [6, 6.07) is 10.6. The molecule has 0 aromatic heterocycles. The third-order valence-electron chi connectivity index (χ3n) is 5.12. The molecule has 1 aromatic rings. The maximum atomic E-state index is 12.7. The summed E-state index contributed by atoms with van der Waals surface area (Å²) in [4.78, 5) is 16.9. The number of para-hydroxylation sites is 1. The summed E-state index contributed by atoms with van der Waals surface area (Å²) in [7, 11) is 1.88. The van der Waals surface area contributed by atoms with E-state index in [0.29, 0.717) is 6.42 Å². The zero-order chi connectivity index (χ0) is 16.0. The van der Waals surface area contributed by atoms with Crippen LogP contribution >= 0.6 is 23.2 Å². The number of anilines is 1. The minimum atomic E-state index is -0.897. The van der Waals surface area contributed by atoms with Gasteiger partial charge in [0.15, 0.2) is 0 Å². The Morgan fingerprint density at radius 1 is 1.32 bits per heavy atom. The highest BCUT2D eigenvalue weighted by Crippen LogP contribution is 2.64. The van der Waals surface area contributed by atoms with Crippen molar-refractivity contribution in [3.8, 4) is 0 Å². The van der Waals surface area contributed by atoms with Crippen molar-refractivity contribution >= 4 is 34.8 Å². The van der Waals surface area contributed by atoms with Crippen molar-refractivity contribution in [2.45, 2.75) is 36.6 Å². The molecule has 0 radical (unpaired) electrons. The minimum Gasteiger partial charge on any atom is -0.369 e. The first kappa shape index (κ1) is 15.9. The van der Waals surface area contributed by atoms with Crippen molar-refractivity contribution in [3.63, 3.8) is 0 Å². The first-order valence-corrected chi connectivity index (χ1v) is 8.56. The van der Waals surface area contributed by atoms with Gasteiger partial charge in [-0.15, -0.1) is 23.2 Å². The number of alkyl halides is 2. The molecule has 2 fully saturated rings. The van der Waals surface area contributed by atoms with Gasteiger partial charge in [-0.3, -0.25) is 4.79 Å². The lowest BCUT2D eigenvalue weighted by molar-refractivity contribution is -0.137. The summed E-state index contributed by atoms with van der Waals surface area (Å²) >= 11 is 12.3. The molecular formula is C17H22Cl2N2O. The number of halogens is 2. The first-order valence-electron chi connectivity index (χ1n) is 7.80. The maximum Gasteiger partial charge on any atom is 0.231 e. The van der Waals surface area contributed by atoms with Crippen molar-refractivity contribution in [1.29, 1.82) is 0 Å². The van der Waals surface area contributed by atoms with Crippen LogP contribution in [0.25, 0.3) is 0 Å². The lowest BCUT2D eigenvalue weighted by Gasteiger charge is -2.39. The summed E-state index contributed by atoms with van der Waals surface area (Å²) in [5.74, 6) is 0.0670. The maximum absolute atomic E-state index is 12.7. The molecule has 22 heavy (non-hydrogen) atoms. The second-order valence-electron chi connectivity index (χ2n) is 6.71. The SMILES string of the molecule is CN(C(=O)C1(C)CC1(Cl)Cl)C1CCCN(c2ccccc2)C1. The number of likely N-dealkylation sites (N-methyl/N-ethyl adjacent to an activating group) is 1. The summed E-state index contributed by atoms with van der Waals surface area (Å²) in [6.45, 7) is 3.76. The number of benzene rings is 1. The van der Waals surface area contributed by atoms with Crippen LogP contribution in [0.5, 0.6) is 0 Å². The van der Waals surface area contributed by atoms with Crippen molar-refractivity contribution in [1.82, 2.24) is 4.90 Å². The minimum absolute atomic E-state index is 0.0670. The predicted octanol–water partition coefficient (Wildman–Crippen LogP) is 3.70. The van der Waals surface area contributed by atoms with E-state index < -0.39 is 9.75 Å². The van der Waals surface area contributed by atoms with E-state index >= 15 is 0 Å². The van der Waals surface area contributed by atoms with E-state index in [-0.39, 0.29) is 11.9 Å². The van der Waals surface area contributed by atoms with Gasteiger partial charge in [-0.2, -0.15) is 0 Å². The van der Waals surface area contributed by atoms with Gasteiger partial charge in [0, 0.05) is 31.9 Å². The standard InChI is InChI=1S/C17H22Cl2N2O/c1-16(12-17(16,18)19)15(22)20(2)14-9-6-10-21(11-14)13-7-4-3-5-8-13/h3-5,7-8,14H,6,9-12H2,1-2H3. The summed E-state index contributed by atoms with van der Waals surface area (Å²) in [6.07, 6.45) is 2.65. The Kier molecular flexibility index (Phi) is 4.07. The molecule has 1 aliphatic carbocycles. The van der Waals surface area contributed by atoms with Gasteiger partial charge in [0.25, 0.3) is 0 Å². The van der Waals surface area contributed by atoms with E-state index in [9.17, 15) is 4.79 Å². The van der Waals surface area contributed by atoms with Gasteiger partial charge in [0.2, 0.25) is 5.91 Å². The number of amides is 1. The molecule has 0 N–H and O–H groups in total. The quantitative estimate of drug-likeness (QED) is 0.783. The largest absolute Gasteiger partial charge is 0.369 e. The lowest BCUT2D eigenvalue weighted by Crippen LogP contribution is -2.50. The number of hydrogen-bond donors (Lipinski definition) is 0. The number of carbonyl (C=O) groups excluding carboxylic acids is 1. The molecule has 1 aliphatic heterocycles. The van der Waals surface area contributed by atoms with Crippen LogP contribution in [-0.2, 0) is 4.79 Å². The van der Waals surface area contributed by atoms with Crippen LogP contribution in [0.3, 0.4) is 0 Å². The van der Waals surface area contributed by atoms with Crippen LogP contribution in [0.15, 0.2) is 30.3 Å². The number of hydrogen-bond acceptors (Lipinski definition) is 2. The van der Waals surface area contributed by atoms with E-state index in [1.165, 1.54) is 5.69 Å². The normalized spacial score (nSPS) is 30.0. The van der Waals surface area contributed by atoms with Crippen molar-refractivity contribution in [3.05, 3.63) is 30.3 Å². The summed E-state index contributed by atoms with van der Waals surface area (Å²) in [5, 5.41) is 0. The number of piperidine rings is 1. The molecule has 2 aliphatic rings. The van der Waals surface area contributed by atoms with Crippen molar-refractivity contribution < 1.29 is 4.79 Å². The fourth-order valence-electron chi connectivity index (χ4n) is 3.33. The Labute approximate surface area is 142 Å². The smallest absolute Gasteiger partial charge is 0.231 e. The molecule has 0 bridgehead atoms. The molecule has 1 saturated heterocycles. The molecule has 1 amide bonds. The van der Waals surface area contributed by atoms with E-state index in [2.05, 4.69) is 17.0 Å². The molecule has 2 unspecified atom stereocenters. The molecule has 1 heterocycles. The number of nitrogens with zero attached hydrogens (tertiary/aromatic N) is 2. The third-order valence-corrected chi connectivity index (χ3v) is 6.22. The average Bonchev–Trinajstić information content (AvgIpc) is 3.06. The molecule has 2 atom stereocenters. The molecular weight excluding hydrogens is 319 g/mol. The van der Waals surface area contributed by atoms with Crippen molar-refractivity contribution in [2.75, 3.05) is 25.0 Å². The van der Waals surface area contributed by atoms with Crippen LogP contribution in [0, 0.1) is 5.41 Å². The number of carbonyl (C=O) groups is 1. The van der Waals surface area contributed by atoms with E-state index in [0.717, 1.165) is 25.9 Å². The molecule has 0 spiro atoms. The van der Waals surface area contributed by atoms with Gasteiger partial charge in [-0.25, -0.2) is 0 Å². The third kappa shape index (κ3) is 2.69. The highest BCUT2D eigenvalue weighted by molar-refractivity contribution is 6.53. The van der Waals surface area contributed by atoms with Gasteiger partial charge in [-0.1, -0.05) is 18.2 Å². The second kappa shape index (κ2) is 5.61. The van der Waals surface area contributed by atoms with Gasteiger partial charge in [-0.05, 0) is 38.3 Å². The highest BCUT2D eigenvalue weighted by atomic mass is 35.5. The van der Waals surface area contributed by atoms with Crippen LogP contribution in [0.2, 0.25) is 0 Å². The van der Waals surface area contributed by atoms with Gasteiger partial charge in [0.1, 0.15) is 4.33 Å². The number of rotatable bonds is 3. The first-order chi connectivity index (χ1) is 10.3. The van der Waals surface area contributed by atoms with Gasteiger partial charge < -0.3 is 9.80 Å². The van der Waals surface area contributed by atoms with Crippen LogP contribution in [0.4, 0.5) is 5.69 Å². The van der Waals surface area contributed by atoms with Crippen molar-refractivity contribution in [2.24, 2.45) is 5.41 Å². The monoisotopic (exact) mass is 340 g/mol. The molecule has 3 nitrogen and oxygen atoms in total. The van der Waals surface area contributed by atoms with Crippen LogP contribution in [-0.4, -0.2) is 41.3 Å². The van der Waals surface area contributed by atoms with Gasteiger partial charge in [0.05, 0.1) is 5.41 Å². The zero-order valence-electron chi connectivity index (χ0n) is 13.1. The Bertz CT molecular complexity index is 563. The van der Waals surface area contributed by atoms with Crippen LogP contribution < -0.4 is 4.90 Å². The summed E-state index contributed by atoms with van der Waals surface area (Å²) < 4.78 is -0.897.